The zero-order chi connectivity index (χ0) is 18.6. The Morgan fingerprint density at radius 2 is 2.00 bits per heavy atom. The number of nitrogens with zero attached hydrogens (tertiary/aromatic N) is 2. The summed E-state index contributed by atoms with van der Waals surface area (Å²) in [5, 5.41) is 13.6. The maximum atomic E-state index is 12.5. The van der Waals surface area contributed by atoms with Crippen molar-refractivity contribution in [2.24, 2.45) is 0 Å². The third kappa shape index (κ3) is 4.44. The molecule has 136 valence electrons. The van der Waals surface area contributed by atoms with Gasteiger partial charge in [-0.15, -0.1) is 0 Å². The molecule has 0 spiro atoms. The predicted molar refractivity (Wildman–Crippen MR) is 90.7 cm³/mol. The lowest BCUT2D eigenvalue weighted by atomic mass is 10.2. The summed E-state index contributed by atoms with van der Waals surface area (Å²) >= 11 is 0. The molecular formula is C16H23N4O5+. The van der Waals surface area contributed by atoms with E-state index in [2.05, 4.69) is 5.32 Å². The van der Waals surface area contributed by atoms with E-state index >= 15 is 0 Å². The van der Waals surface area contributed by atoms with Gasteiger partial charge >= 0.3 is 0 Å². The Morgan fingerprint density at radius 1 is 1.36 bits per heavy atom. The minimum atomic E-state index is -0.523. The number of piperazine rings is 1. The van der Waals surface area contributed by atoms with Crippen molar-refractivity contribution in [3.8, 4) is 5.75 Å². The minimum Gasteiger partial charge on any atom is -0.495 e. The predicted octanol–water partition coefficient (Wildman–Crippen LogP) is -0.323. The third-order valence-electron chi connectivity index (χ3n) is 4.51. The first-order valence-corrected chi connectivity index (χ1v) is 8.07. The third-order valence-corrected chi connectivity index (χ3v) is 4.51. The first kappa shape index (κ1) is 18.7. The zero-order valence-electron chi connectivity index (χ0n) is 14.6. The number of carbonyl (C=O) groups is 2. The molecule has 2 amide bonds. The molecule has 1 aliphatic rings. The number of anilines is 1. The molecule has 1 aromatic rings. The molecule has 1 aliphatic heterocycles. The number of ether oxygens (including phenoxy) is 1. The van der Waals surface area contributed by atoms with Crippen LogP contribution in [-0.2, 0) is 9.59 Å². The molecule has 0 aromatic heterocycles. The normalized spacial score (nSPS) is 16.2. The van der Waals surface area contributed by atoms with E-state index in [4.69, 9.17) is 4.74 Å². The average Bonchev–Trinajstić information content (AvgIpc) is 2.60. The molecule has 1 heterocycles. The molecule has 0 unspecified atom stereocenters. The van der Waals surface area contributed by atoms with Gasteiger partial charge in [-0.2, -0.15) is 0 Å². The van der Waals surface area contributed by atoms with Gasteiger partial charge in [0, 0.05) is 19.1 Å². The van der Waals surface area contributed by atoms with Crippen LogP contribution in [0.4, 0.5) is 11.4 Å². The Hall–Kier alpha value is -2.68. The van der Waals surface area contributed by atoms with E-state index in [1.165, 1.54) is 32.2 Å². The molecule has 0 bridgehead atoms. The van der Waals surface area contributed by atoms with Gasteiger partial charge < -0.3 is 19.9 Å². The zero-order valence-corrected chi connectivity index (χ0v) is 14.6. The van der Waals surface area contributed by atoms with Crippen molar-refractivity contribution in [2.75, 3.05) is 38.6 Å². The standard InChI is InChI=1S/C16H22N4O5/c1-11(18-6-8-19(9-7-18)12(2)21)16(22)17-14-10-13(20(23)24)4-5-15(14)25-3/h4-5,10-11H,6-9H2,1-3H3,(H,17,22)/p+1/t11-/m0/s1. The lowest BCUT2D eigenvalue weighted by Gasteiger charge is -2.34. The fourth-order valence-electron chi connectivity index (χ4n) is 2.88. The molecule has 25 heavy (non-hydrogen) atoms. The number of non-ortho nitro benzene ring substituents is 1. The second-order valence-electron chi connectivity index (χ2n) is 6.02. The summed E-state index contributed by atoms with van der Waals surface area (Å²) in [6.07, 6.45) is 0. The summed E-state index contributed by atoms with van der Waals surface area (Å²) in [6.45, 7) is 5.93. The number of nitrogens with one attached hydrogen (secondary N) is 2. The quantitative estimate of drug-likeness (QED) is 0.558. The summed E-state index contributed by atoms with van der Waals surface area (Å²) in [7, 11) is 1.44. The van der Waals surface area contributed by atoms with Gasteiger partial charge in [0.25, 0.3) is 11.6 Å². The van der Waals surface area contributed by atoms with E-state index in [0.29, 0.717) is 31.9 Å². The van der Waals surface area contributed by atoms with Crippen molar-refractivity contribution in [1.82, 2.24) is 4.90 Å². The topological polar surface area (TPSA) is 106 Å². The van der Waals surface area contributed by atoms with Crippen LogP contribution in [0.25, 0.3) is 0 Å². The molecule has 1 aromatic carbocycles. The molecule has 9 heteroatoms. The molecular weight excluding hydrogens is 328 g/mol. The molecule has 0 saturated carbocycles. The van der Waals surface area contributed by atoms with Crippen LogP contribution in [0, 0.1) is 10.1 Å². The average molecular weight is 351 g/mol. The Morgan fingerprint density at radius 3 is 2.52 bits per heavy atom. The van der Waals surface area contributed by atoms with E-state index in [1.54, 1.807) is 11.8 Å². The first-order valence-electron chi connectivity index (χ1n) is 8.07. The molecule has 1 atom stereocenters. The molecule has 0 radical (unpaired) electrons. The van der Waals surface area contributed by atoms with Gasteiger partial charge in [0.15, 0.2) is 6.04 Å². The molecule has 0 aliphatic carbocycles. The summed E-state index contributed by atoms with van der Waals surface area (Å²) < 4.78 is 5.16. The monoisotopic (exact) mass is 351 g/mol. The van der Waals surface area contributed by atoms with Crippen molar-refractivity contribution in [3.05, 3.63) is 28.3 Å². The first-order chi connectivity index (χ1) is 11.8. The molecule has 1 saturated heterocycles. The minimum absolute atomic E-state index is 0.0393. The second-order valence-corrected chi connectivity index (χ2v) is 6.02. The van der Waals surface area contributed by atoms with Gasteiger partial charge in [0.05, 0.1) is 43.9 Å². The number of hydrogen-bond donors (Lipinski definition) is 2. The number of hydrogen-bond acceptors (Lipinski definition) is 5. The van der Waals surface area contributed by atoms with Gasteiger partial charge in [0.2, 0.25) is 5.91 Å². The lowest BCUT2D eigenvalue weighted by molar-refractivity contribution is -0.917. The van der Waals surface area contributed by atoms with Crippen LogP contribution in [0.2, 0.25) is 0 Å². The highest BCUT2D eigenvalue weighted by Crippen LogP contribution is 2.28. The summed E-state index contributed by atoms with van der Waals surface area (Å²) in [5.74, 6) is 0.158. The fraction of sp³-hybridized carbons (Fsp3) is 0.500. The highest BCUT2D eigenvalue weighted by atomic mass is 16.6. The Balaban J connectivity index is 2.05. The molecule has 9 nitrogen and oxygen atoms in total. The number of carbonyl (C=O) groups excluding carboxylic acids is 2. The summed E-state index contributed by atoms with van der Waals surface area (Å²) in [4.78, 5) is 37.1. The Bertz CT molecular complexity index is 670. The number of methoxy groups -OCH3 is 1. The van der Waals surface area contributed by atoms with E-state index in [0.717, 1.165) is 4.90 Å². The van der Waals surface area contributed by atoms with Crippen LogP contribution in [-0.4, -0.2) is 61.0 Å². The highest BCUT2D eigenvalue weighted by molar-refractivity contribution is 5.95. The van der Waals surface area contributed by atoms with Gasteiger partial charge in [-0.1, -0.05) is 0 Å². The van der Waals surface area contributed by atoms with Crippen LogP contribution in [0.15, 0.2) is 18.2 Å². The van der Waals surface area contributed by atoms with Gasteiger partial charge in [-0.05, 0) is 13.0 Å². The maximum Gasteiger partial charge on any atom is 0.282 e. The van der Waals surface area contributed by atoms with Crippen LogP contribution >= 0.6 is 0 Å². The fourth-order valence-corrected chi connectivity index (χ4v) is 2.88. The van der Waals surface area contributed by atoms with Crippen LogP contribution in [0.1, 0.15) is 13.8 Å². The number of nitro groups is 1. The Kier molecular flexibility index (Phi) is 5.92. The van der Waals surface area contributed by atoms with E-state index in [-0.39, 0.29) is 29.2 Å². The molecule has 2 N–H and O–H groups in total. The maximum absolute atomic E-state index is 12.5. The number of amides is 2. The second kappa shape index (κ2) is 7.93. The van der Waals surface area contributed by atoms with Gasteiger partial charge in [-0.3, -0.25) is 19.7 Å². The van der Waals surface area contributed by atoms with Crippen LogP contribution in [0.5, 0.6) is 5.75 Å². The van der Waals surface area contributed by atoms with Crippen LogP contribution in [0.3, 0.4) is 0 Å². The number of nitro benzene ring substituents is 1. The van der Waals surface area contributed by atoms with E-state index in [1.807, 2.05) is 0 Å². The van der Waals surface area contributed by atoms with Crippen molar-refractivity contribution < 1.29 is 24.1 Å². The summed E-state index contributed by atoms with van der Waals surface area (Å²) in [5.41, 5.74) is 0.154. The van der Waals surface area contributed by atoms with Gasteiger partial charge in [0.1, 0.15) is 5.75 Å². The lowest BCUT2D eigenvalue weighted by Crippen LogP contribution is -3.19. The van der Waals surface area contributed by atoms with Crippen molar-refractivity contribution in [3.63, 3.8) is 0 Å². The largest absolute Gasteiger partial charge is 0.495 e. The van der Waals surface area contributed by atoms with E-state index < -0.39 is 4.92 Å². The smallest absolute Gasteiger partial charge is 0.282 e. The Labute approximate surface area is 145 Å². The number of benzene rings is 1. The highest BCUT2D eigenvalue weighted by Gasteiger charge is 2.30. The SMILES string of the molecule is COc1ccc([N+](=O)[O-])cc1NC(=O)[C@H](C)[NH+]1CCN(C(C)=O)CC1. The van der Waals surface area contributed by atoms with Crippen molar-refractivity contribution in [2.45, 2.75) is 19.9 Å². The molecule has 2 rings (SSSR count). The molecule has 1 fully saturated rings. The van der Waals surface area contributed by atoms with Gasteiger partial charge in [-0.25, -0.2) is 0 Å². The van der Waals surface area contributed by atoms with Crippen molar-refractivity contribution >= 4 is 23.2 Å². The number of rotatable bonds is 5. The van der Waals surface area contributed by atoms with Crippen molar-refractivity contribution in [1.29, 1.82) is 0 Å². The summed E-state index contributed by atoms with van der Waals surface area (Å²) in [6, 6.07) is 3.71. The van der Waals surface area contributed by atoms with Crippen LogP contribution < -0.4 is 15.0 Å². The number of quaternary nitrogens is 1. The van der Waals surface area contributed by atoms with E-state index in [9.17, 15) is 19.7 Å².